The Hall–Kier alpha value is -1.94. The number of hydrogen-bond acceptors (Lipinski definition) is 6. The van der Waals surface area contributed by atoms with Crippen molar-refractivity contribution in [1.82, 2.24) is 14.9 Å². The highest BCUT2D eigenvalue weighted by molar-refractivity contribution is 5.95. The number of halogens is 3. The molecule has 0 aliphatic carbocycles. The zero-order valence-electron chi connectivity index (χ0n) is 11.7. The number of anilines is 1. The standard InChI is InChI=1S/C12H16F3N5O2/c13-12(14,15)9-7(1-2-20-3-5-22-6-4-20)18-8(11(17)21)10(16)19-9/h1-6H2,(H2,16,19)(H2,17,21). The van der Waals surface area contributed by atoms with E-state index >= 15 is 0 Å². The number of primary amides is 1. The lowest BCUT2D eigenvalue weighted by atomic mass is 10.2. The number of amides is 1. The second-order valence-corrected chi connectivity index (χ2v) is 4.82. The number of aromatic nitrogens is 2. The molecule has 1 amide bonds. The van der Waals surface area contributed by atoms with E-state index in [9.17, 15) is 18.0 Å². The van der Waals surface area contributed by atoms with Gasteiger partial charge in [-0.3, -0.25) is 9.69 Å². The number of morpholine rings is 1. The summed E-state index contributed by atoms with van der Waals surface area (Å²) < 4.78 is 44.2. The molecule has 2 heterocycles. The monoisotopic (exact) mass is 319 g/mol. The molecule has 1 saturated heterocycles. The summed E-state index contributed by atoms with van der Waals surface area (Å²) in [6, 6.07) is 0. The van der Waals surface area contributed by atoms with Crippen molar-refractivity contribution in [2.24, 2.45) is 5.73 Å². The molecular formula is C12H16F3N5O2. The molecule has 22 heavy (non-hydrogen) atoms. The van der Waals surface area contributed by atoms with Crippen LogP contribution in [-0.2, 0) is 17.3 Å². The summed E-state index contributed by atoms with van der Waals surface area (Å²) in [7, 11) is 0. The largest absolute Gasteiger partial charge is 0.435 e. The molecule has 0 aromatic carbocycles. The molecule has 0 bridgehead atoms. The van der Waals surface area contributed by atoms with E-state index in [1.54, 1.807) is 0 Å². The van der Waals surface area contributed by atoms with E-state index in [1.165, 1.54) is 0 Å². The van der Waals surface area contributed by atoms with Gasteiger partial charge in [-0.05, 0) is 0 Å². The Bertz CT molecular complexity index is 558. The van der Waals surface area contributed by atoms with Crippen molar-refractivity contribution in [3.8, 4) is 0 Å². The Morgan fingerprint density at radius 1 is 1.27 bits per heavy atom. The summed E-state index contributed by atoms with van der Waals surface area (Å²) in [6.07, 6.45) is -4.71. The molecule has 122 valence electrons. The van der Waals surface area contributed by atoms with Crippen LogP contribution in [0, 0.1) is 0 Å². The van der Waals surface area contributed by atoms with E-state index in [-0.39, 0.29) is 12.1 Å². The molecular weight excluding hydrogens is 303 g/mol. The van der Waals surface area contributed by atoms with E-state index in [1.807, 2.05) is 4.90 Å². The summed E-state index contributed by atoms with van der Waals surface area (Å²) in [4.78, 5) is 20.1. The fraction of sp³-hybridized carbons (Fsp3) is 0.583. The van der Waals surface area contributed by atoms with Crippen molar-refractivity contribution in [3.05, 3.63) is 17.1 Å². The predicted octanol–water partition coefficient (Wildman–Crippen LogP) is 0.0512. The normalized spacial score (nSPS) is 16.7. The van der Waals surface area contributed by atoms with Gasteiger partial charge in [0.05, 0.1) is 18.9 Å². The van der Waals surface area contributed by atoms with Crippen molar-refractivity contribution in [2.75, 3.05) is 38.6 Å². The van der Waals surface area contributed by atoms with Gasteiger partial charge >= 0.3 is 6.18 Å². The van der Waals surface area contributed by atoms with E-state index < -0.39 is 29.3 Å². The first-order chi connectivity index (χ1) is 10.3. The molecule has 0 atom stereocenters. The zero-order chi connectivity index (χ0) is 16.3. The molecule has 1 aliphatic rings. The van der Waals surface area contributed by atoms with E-state index in [0.29, 0.717) is 32.8 Å². The lowest BCUT2D eigenvalue weighted by Gasteiger charge is -2.26. The first-order valence-electron chi connectivity index (χ1n) is 6.62. The Kier molecular flexibility index (Phi) is 4.81. The summed E-state index contributed by atoms with van der Waals surface area (Å²) in [5.41, 5.74) is 8.43. The van der Waals surface area contributed by atoms with Crippen molar-refractivity contribution in [2.45, 2.75) is 12.6 Å². The molecule has 2 rings (SSSR count). The molecule has 0 saturated carbocycles. The van der Waals surface area contributed by atoms with Gasteiger partial charge in [-0.15, -0.1) is 0 Å². The number of nitrogen functional groups attached to an aromatic ring is 1. The average Bonchev–Trinajstić information content (AvgIpc) is 2.45. The molecule has 0 unspecified atom stereocenters. The van der Waals surface area contributed by atoms with Gasteiger partial charge in [0.1, 0.15) is 0 Å². The molecule has 4 N–H and O–H groups in total. The van der Waals surface area contributed by atoms with Gasteiger partial charge in [-0.2, -0.15) is 13.2 Å². The number of rotatable bonds is 4. The van der Waals surface area contributed by atoms with Gasteiger partial charge in [-0.1, -0.05) is 0 Å². The smallest absolute Gasteiger partial charge is 0.382 e. The number of ether oxygens (including phenoxy) is 1. The van der Waals surface area contributed by atoms with Gasteiger partial charge in [0.15, 0.2) is 17.2 Å². The Balaban J connectivity index is 2.25. The van der Waals surface area contributed by atoms with Crippen LogP contribution in [0.15, 0.2) is 0 Å². The topological polar surface area (TPSA) is 107 Å². The Labute approximate surface area is 124 Å². The quantitative estimate of drug-likeness (QED) is 0.812. The van der Waals surface area contributed by atoms with Crippen LogP contribution in [0.1, 0.15) is 21.9 Å². The van der Waals surface area contributed by atoms with E-state index in [4.69, 9.17) is 16.2 Å². The lowest BCUT2D eigenvalue weighted by Crippen LogP contribution is -2.38. The van der Waals surface area contributed by atoms with Crippen LogP contribution in [0.25, 0.3) is 0 Å². The number of carbonyl (C=O) groups excluding carboxylic acids is 1. The highest BCUT2D eigenvalue weighted by atomic mass is 19.4. The first kappa shape index (κ1) is 16.4. The lowest BCUT2D eigenvalue weighted by molar-refractivity contribution is -0.142. The third-order valence-corrected chi connectivity index (χ3v) is 3.27. The first-order valence-corrected chi connectivity index (χ1v) is 6.62. The maximum absolute atomic E-state index is 13.0. The van der Waals surface area contributed by atoms with Crippen LogP contribution in [0.5, 0.6) is 0 Å². The van der Waals surface area contributed by atoms with E-state index in [2.05, 4.69) is 9.97 Å². The van der Waals surface area contributed by atoms with Gasteiger partial charge in [0.2, 0.25) is 0 Å². The molecule has 1 aromatic heterocycles. The van der Waals surface area contributed by atoms with Crippen LogP contribution in [0.2, 0.25) is 0 Å². The van der Waals surface area contributed by atoms with E-state index in [0.717, 1.165) is 0 Å². The van der Waals surface area contributed by atoms with Crippen molar-refractivity contribution in [1.29, 1.82) is 0 Å². The minimum absolute atomic E-state index is 0.0115. The molecule has 10 heteroatoms. The summed E-state index contributed by atoms with van der Waals surface area (Å²) in [5, 5.41) is 0. The van der Waals surface area contributed by atoms with Crippen molar-refractivity contribution < 1.29 is 22.7 Å². The van der Waals surface area contributed by atoms with Crippen molar-refractivity contribution >= 4 is 11.7 Å². The SMILES string of the molecule is NC(=O)c1nc(CCN2CCOCC2)c(C(F)(F)F)nc1N. The number of nitrogens with zero attached hydrogens (tertiary/aromatic N) is 3. The number of nitrogens with two attached hydrogens (primary N) is 2. The van der Waals surface area contributed by atoms with Crippen LogP contribution >= 0.6 is 0 Å². The van der Waals surface area contributed by atoms with Gasteiger partial charge in [0.25, 0.3) is 5.91 Å². The number of carbonyl (C=O) groups is 1. The van der Waals surface area contributed by atoms with Crippen LogP contribution in [-0.4, -0.2) is 53.6 Å². The molecule has 1 aliphatic heterocycles. The maximum atomic E-state index is 13.0. The summed E-state index contributed by atoms with van der Waals surface area (Å²) in [5.74, 6) is -1.62. The molecule has 1 fully saturated rings. The van der Waals surface area contributed by atoms with Crippen LogP contribution in [0.3, 0.4) is 0 Å². The fourth-order valence-corrected chi connectivity index (χ4v) is 2.15. The highest BCUT2D eigenvalue weighted by Gasteiger charge is 2.37. The third-order valence-electron chi connectivity index (χ3n) is 3.27. The second kappa shape index (κ2) is 6.44. The predicted molar refractivity (Wildman–Crippen MR) is 70.9 cm³/mol. The Morgan fingerprint density at radius 2 is 1.91 bits per heavy atom. The maximum Gasteiger partial charge on any atom is 0.435 e. The molecule has 0 spiro atoms. The van der Waals surface area contributed by atoms with Crippen molar-refractivity contribution in [3.63, 3.8) is 0 Å². The number of hydrogen-bond donors (Lipinski definition) is 2. The van der Waals surface area contributed by atoms with Gasteiger partial charge in [-0.25, -0.2) is 9.97 Å². The van der Waals surface area contributed by atoms with Gasteiger partial charge < -0.3 is 16.2 Å². The number of alkyl halides is 3. The Morgan fingerprint density at radius 3 is 2.45 bits per heavy atom. The minimum atomic E-state index is -4.70. The van der Waals surface area contributed by atoms with Gasteiger partial charge in [0, 0.05) is 26.1 Å². The molecule has 0 radical (unpaired) electrons. The fourth-order valence-electron chi connectivity index (χ4n) is 2.15. The molecule has 1 aromatic rings. The summed E-state index contributed by atoms with van der Waals surface area (Å²) in [6.45, 7) is 2.68. The second-order valence-electron chi connectivity index (χ2n) is 4.82. The molecule has 7 nitrogen and oxygen atoms in total. The zero-order valence-corrected chi connectivity index (χ0v) is 11.7. The minimum Gasteiger partial charge on any atom is -0.382 e. The summed E-state index contributed by atoms with van der Waals surface area (Å²) >= 11 is 0. The van der Waals surface area contributed by atoms with Crippen LogP contribution in [0.4, 0.5) is 19.0 Å². The highest BCUT2D eigenvalue weighted by Crippen LogP contribution is 2.31. The third kappa shape index (κ3) is 3.83. The van der Waals surface area contributed by atoms with Crippen LogP contribution < -0.4 is 11.5 Å². The average molecular weight is 319 g/mol.